The van der Waals surface area contributed by atoms with Gasteiger partial charge in [-0.1, -0.05) is 35.3 Å². The summed E-state index contributed by atoms with van der Waals surface area (Å²) in [5.74, 6) is 1.64. The maximum absolute atomic E-state index is 12.8. The van der Waals surface area contributed by atoms with E-state index in [9.17, 15) is 4.79 Å². The molecule has 34 heavy (non-hydrogen) atoms. The van der Waals surface area contributed by atoms with Crippen LogP contribution in [-0.4, -0.2) is 17.5 Å². The summed E-state index contributed by atoms with van der Waals surface area (Å²) in [6, 6.07) is 19.9. The second kappa shape index (κ2) is 9.75. The van der Waals surface area contributed by atoms with E-state index in [1.165, 1.54) is 0 Å². The van der Waals surface area contributed by atoms with Crippen molar-refractivity contribution in [2.24, 2.45) is 0 Å². The van der Waals surface area contributed by atoms with Crippen LogP contribution in [0.15, 0.2) is 79.1 Å². The Kier molecular flexibility index (Phi) is 6.39. The number of pyridine rings is 1. The van der Waals surface area contributed by atoms with Crippen LogP contribution in [0.3, 0.4) is 0 Å². The zero-order valence-electron chi connectivity index (χ0n) is 18.1. The van der Waals surface area contributed by atoms with Gasteiger partial charge in [-0.25, -0.2) is 0 Å². The molecular formula is C27H20Cl2N2O3. The molecule has 2 heterocycles. The van der Waals surface area contributed by atoms with E-state index in [2.05, 4.69) is 10.3 Å². The van der Waals surface area contributed by atoms with E-state index in [0.717, 1.165) is 35.3 Å². The third-order valence-electron chi connectivity index (χ3n) is 5.48. The molecule has 0 bridgehead atoms. The van der Waals surface area contributed by atoms with Gasteiger partial charge in [-0.3, -0.25) is 9.78 Å². The highest BCUT2D eigenvalue weighted by atomic mass is 35.5. The van der Waals surface area contributed by atoms with E-state index >= 15 is 0 Å². The van der Waals surface area contributed by atoms with Gasteiger partial charge in [-0.2, -0.15) is 0 Å². The molecule has 1 aliphatic rings. The van der Waals surface area contributed by atoms with Crippen molar-refractivity contribution in [1.82, 2.24) is 4.98 Å². The summed E-state index contributed by atoms with van der Waals surface area (Å²) >= 11 is 12.4. The monoisotopic (exact) mass is 490 g/mol. The van der Waals surface area contributed by atoms with Gasteiger partial charge in [-0.05, 0) is 72.5 Å². The maximum atomic E-state index is 12.8. The number of rotatable bonds is 5. The van der Waals surface area contributed by atoms with Crippen molar-refractivity contribution in [1.29, 1.82) is 0 Å². The first kappa shape index (κ1) is 22.3. The molecular weight excluding hydrogens is 471 g/mol. The zero-order chi connectivity index (χ0) is 23.5. The molecule has 0 spiro atoms. The van der Waals surface area contributed by atoms with Crippen molar-refractivity contribution < 1.29 is 14.3 Å². The lowest BCUT2D eigenvalue weighted by molar-refractivity contribution is 0.102. The van der Waals surface area contributed by atoms with Gasteiger partial charge in [0.1, 0.15) is 17.2 Å². The summed E-state index contributed by atoms with van der Waals surface area (Å²) in [5, 5.41) is 4.08. The van der Waals surface area contributed by atoms with Gasteiger partial charge in [0.05, 0.1) is 23.5 Å². The first-order valence-electron chi connectivity index (χ1n) is 10.8. The topological polar surface area (TPSA) is 60.5 Å². The van der Waals surface area contributed by atoms with Crippen LogP contribution < -0.4 is 14.8 Å². The minimum atomic E-state index is -0.248. The largest absolute Gasteiger partial charge is 0.493 e. The minimum Gasteiger partial charge on any atom is -0.493 e. The van der Waals surface area contributed by atoms with E-state index in [1.54, 1.807) is 36.7 Å². The molecule has 0 radical (unpaired) electrons. The number of hydrogen-bond acceptors (Lipinski definition) is 4. The molecule has 4 aromatic rings. The number of amides is 1. The molecule has 5 nitrogen and oxygen atoms in total. The summed E-state index contributed by atoms with van der Waals surface area (Å²) in [4.78, 5) is 17.0. The fraction of sp³-hybridized carbons (Fsp3) is 0.111. The number of aromatic nitrogens is 1. The Labute approximate surface area is 207 Å². The molecule has 5 rings (SSSR count). The number of nitrogens with one attached hydrogen (secondary N) is 1. The number of carbonyl (C=O) groups is 1. The van der Waals surface area contributed by atoms with Gasteiger partial charge in [0, 0.05) is 28.4 Å². The Morgan fingerprint density at radius 1 is 0.941 bits per heavy atom. The summed E-state index contributed by atoms with van der Waals surface area (Å²) < 4.78 is 11.6. The molecule has 0 aliphatic carbocycles. The fourth-order valence-corrected chi connectivity index (χ4v) is 4.09. The first-order chi connectivity index (χ1) is 16.5. The predicted octanol–water partition coefficient (Wildman–Crippen LogP) is 7.43. The third kappa shape index (κ3) is 5.01. The van der Waals surface area contributed by atoms with Gasteiger partial charge in [0.2, 0.25) is 0 Å². The van der Waals surface area contributed by atoms with Crippen LogP contribution in [0, 0.1) is 0 Å². The van der Waals surface area contributed by atoms with Crippen LogP contribution in [0.25, 0.3) is 11.1 Å². The molecule has 1 N–H and O–H groups in total. The minimum absolute atomic E-state index is 0.248. The van der Waals surface area contributed by atoms with Gasteiger partial charge in [0.25, 0.3) is 5.91 Å². The van der Waals surface area contributed by atoms with Crippen molar-refractivity contribution in [3.63, 3.8) is 0 Å². The Hall–Kier alpha value is -3.54. The van der Waals surface area contributed by atoms with Crippen LogP contribution in [0.1, 0.15) is 22.3 Å². The summed E-state index contributed by atoms with van der Waals surface area (Å²) in [5.41, 5.74) is 4.01. The molecule has 0 atom stereocenters. The lowest BCUT2D eigenvalue weighted by Gasteiger charge is -2.19. The summed E-state index contributed by atoms with van der Waals surface area (Å²) in [7, 11) is 0. The lowest BCUT2D eigenvalue weighted by Crippen LogP contribution is -2.12. The second-order valence-corrected chi connectivity index (χ2v) is 8.74. The van der Waals surface area contributed by atoms with Crippen LogP contribution in [0.4, 0.5) is 5.69 Å². The Morgan fingerprint density at radius 2 is 1.74 bits per heavy atom. The van der Waals surface area contributed by atoms with Crippen molar-refractivity contribution in [2.45, 2.75) is 12.8 Å². The SMILES string of the molecule is O=C(Nc1cncc(-c2ccc(Cl)cc2)c1)c1ccc(Oc2cc3c(cc2Cl)CCCO3)cc1. The van der Waals surface area contributed by atoms with E-state index in [4.69, 9.17) is 32.7 Å². The van der Waals surface area contributed by atoms with Crippen LogP contribution >= 0.6 is 23.2 Å². The molecule has 0 saturated heterocycles. The van der Waals surface area contributed by atoms with Crippen LogP contribution in [-0.2, 0) is 6.42 Å². The Balaban J connectivity index is 1.27. The van der Waals surface area contributed by atoms with Crippen molar-refractivity contribution in [3.8, 4) is 28.4 Å². The Morgan fingerprint density at radius 3 is 2.53 bits per heavy atom. The number of carbonyl (C=O) groups excluding carboxylic acids is 1. The molecule has 0 fully saturated rings. The van der Waals surface area contributed by atoms with Crippen LogP contribution in [0.2, 0.25) is 10.0 Å². The van der Waals surface area contributed by atoms with E-state index in [0.29, 0.717) is 39.4 Å². The molecule has 3 aromatic carbocycles. The van der Waals surface area contributed by atoms with Crippen LogP contribution in [0.5, 0.6) is 17.2 Å². The third-order valence-corrected chi connectivity index (χ3v) is 6.03. The highest BCUT2D eigenvalue weighted by Gasteiger charge is 2.15. The van der Waals surface area contributed by atoms with Gasteiger partial charge < -0.3 is 14.8 Å². The highest BCUT2D eigenvalue weighted by Crippen LogP contribution is 2.37. The number of nitrogens with zero attached hydrogens (tertiary/aromatic N) is 1. The predicted molar refractivity (Wildman–Crippen MR) is 134 cm³/mol. The maximum Gasteiger partial charge on any atom is 0.255 e. The quantitative estimate of drug-likeness (QED) is 0.316. The molecule has 1 amide bonds. The zero-order valence-corrected chi connectivity index (χ0v) is 19.6. The van der Waals surface area contributed by atoms with Gasteiger partial charge in [0.15, 0.2) is 0 Å². The van der Waals surface area contributed by atoms with Gasteiger partial charge >= 0.3 is 0 Å². The number of aryl methyl sites for hydroxylation is 1. The molecule has 1 aliphatic heterocycles. The van der Waals surface area contributed by atoms with Crippen molar-refractivity contribution in [2.75, 3.05) is 11.9 Å². The van der Waals surface area contributed by atoms with E-state index in [1.807, 2.05) is 42.5 Å². The number of halogens is 2. The Bertz CT molecular complexity index is 1340. The lowest BCUT2D eigenvalue weighted by atomic mass is 10.1. The smallest absolute Gasteiger partial charge is 0.255 e. The summed E-state index contributed by atoms with van der Waals surface area (Å²) in [6.45, 7) is 0.690. The number of anilines is 1. The number of benzene rings is 3. The number of fused-ring (bicyclic) bond motifs is 1. The highest BCUT2D eigenvalue weighted by molar-refractivity contribution is 6.32. The molecule has 7 heteroatoms. The standard InChI is InChI=1S/C27H20Cl2N2O3/c28-21-7-3-17(4-8-21)20-12-22(16-30-15-20)31-27(32)18-5-9-23(10-6-18)34-26-14-25-19(13-24(26)29)2-1-11-33-25/h3-10,12-16H,1-2,11H2,(H,31,32). The molecule has 170 valence electrons. The normalized spacial score (nSPS) is 12.4. The molecule has 0 unspecified atom stereocenters. The average Bonchev–Trinajstić information content (AvgIpc) is 2.85. The van der Waals surface area contributed by atoms with E-state index in [-0.39, 0.29) is 5.91 Å². The molecule has 0 saturated carbocycles. The van der Waals surface area contributed by atoms with E-state index < -0.39 is 0 Å². The van der Waals surface area contributed by atoms with Gasteiger partial charge in [-0.15, -0.1) is 0 Å². The molecule has 1 aromatic heterocycles. The first-order valence-corrected chi connectivity index (χ1v) is 11.6. The average molecular weight is 491 g/mol. The number of hydrogen-bond donors (Lipinski definition) is 1. The van der Waals surface area contributed by atoms with Crippen molar-refractivity contribution in [3.05, 3.63) is 100 Å². The summed E-state index contributed by atoms with van der Waals surface area (Å²) in [6.07, 6.45) is 5.27. The second-order valence-electron chi connectivity index (χ2n) is 7.89. The van der Waals surface area contributed by atoms with Crippen molar-refractivity contribution >= 4 is 34.8 Å². The fourth-order valence-electron chi connectivity index (χ4n) is 3.74. The number of ether oxygens (including phenoxy) is 2.